The Morgan fingerprint density at radius 1 is 1.21 bits per heavy atom. The van der Waals surface area contributed by atoms with Crippen LogP contribution in [0.1, 0.15) is 0 Å². The summed E-state index contributed by atoms with van der Waals surface area (Å²) < 4.78 is 1.80. The highest BCUT2D eigenvalue weighted by Crippen LogP contribution is 2.03. The summed E-state index contributed by atoms with van der Waals surface area (Å²) in [6.45, 7) is 1.68. The van der Waals surface area contributed by atoms with Gasteiger partial charge in [-0.1, -0.05) is 18.2 Å². The molecule has 0 amide bonds. The van der Waals surface area contributed by atoms with Crippen molar-refractivity contribution in [2.75, 3.05) is 11.9 Å². The smallest absolute Gasteiger partial charge is 0.137 e. The van der Waals surface area contributed by atoms with Crippen molar-refractivity contribution in [1.29, 1.82) is 0 Å². The molecule has 0 unspecified atom stereocenters. The average Bonchev–Trinajstić information content (AvgIpc) is 2.72. The Morgan fingerprint density at radius 3 is 2.79 bits per heavy atom. The Morgan fingerprint density at radius 2 is 2.07 bits per heavy atom. The summed E-state index contributed by atoms with van der Waals surface area (Å²) >= 11 is 0. The molecule has 1 heterocycles. The highest BCUT2D eigenvalue weighted by atomic mass is 15.3. The Kier molecular flexibility index (Phi) is 2.76. The molecule has 0 aliphatic heterocycles. The van der Waals surface area contributed by atoms with Crippen molar-refractivity contribution < 1.29 is 0 Å². The van der Waals surface area contributed by atoms with E-state index < -0.39 is 0 Å². The molecule has 0 bridgehead atoms. The predicted octanol–water partition coefficient (Wildman–Crippen LogP) is 1.39. The summed E-state index contributed by atoms with van der Waals surface area (Å²) in [5.74, 6) is 0. The molecule has 2 rings (SSSR count). The number of hydrogen-bond acceptors (Lipinski definition) is 3. The molecule has 14 heavy (non-hydrogen) atoms. The minimum Gasteiger partial charge on any atom is -0.383 e. The minimum absolute atomic E-state index is 0.828. The number of nitrogens with zero attached hydrogens (tertiary/aromatic N) is 3. The summed E-state index contributed by atoms with van der Waals surface area (Å²) in [6, 6.07) is 10.1. The van der Waals surface area contributed by atoms with Crippen LogP contribution in [0.5, 0.6) is 0 Å². The van der Waals surface area contributed by atoms with E-state index in [0.717, 1.165) is 18.8 Å². The lowest BCUT2D eigenvalue weighted by Gasteiger charge is -2.05. The van der Waals surface area contributed by atoms with Gasteiger partial charge in [0.1, 0.15) is 12.7 Å². The van der Waals surface area contributed by atoms with Crippen LogP contribution in [0.4, 0.5) is 5.69 Å². The first-order valence-electron chi connectivity index (χ1n) is 4.56. The molecule has 1 N–H and O–H groups in total. The second kappa shape index (κ2) is 4.41. The standard InChI is InChI=1S/C10H12N4/c1-2-4-10(5-3-1)12-6-7-14-9-11-8-13-14/h1-5,8-9,12H,6-7H2. The van der Waals surface area contributed by atoms with Gasteiger partial charge in [-0.15, -0.1) is 0 Å². The van der Waals surface area contributed by atoms with Gasteiger partial charge < -0.3 is 5.32 Å². The number of aromatic nitrogens is 3. The van der Waals surface area contributed by atoms with Crippen LogP contribution in [-0.4, -0.2) is 21.3 Å². The van der Waals surface area contributed by atoms with E-state index in [4.69, 9.17) is 0 Å². The third kappa shape index (κ3) is 2.32. The molecule has 0 saturated heterocycles. The molecule has 0 spiro atoms. The lowest BCUT2D eigenvalue weighted by molar-refractivity contribution is 0.636. The van der Waals surface area contributed by atoms with Crippen molar-refractivity contribution in [2.24, 2.45) is 0 Å². The number of nitrogens with one attached hydrogen (secondary N) is 1. The van der Waals surface area contributed by atoms with E-state index in [-0.39, 0.29) is 0 Å². The van der Waals surface area contributed by atoms with Gasteiger partial charge in [-0.05, 0) is 12.1 Å². The third-order valence-corrected chi connectivity index (χ3v) is 1.91. The fraction of sp³-hybridized carbons (Fsp3) is 0.200. The van der Waals surface area contributed by atoms with Crippen LogP contribution in [0.15, 0.2) is 43.0 Å². The monoisotopic (exact) mass is 188 g/mol. The molecule has 0 aliphatic rings. The number of rotatable bonds is 4. The van der Waals surface area contributed by atoms with Crippen molar-refractivity contribution in [3.8, 4) is 0 Å². The lowest BCUT2D eigenvalue weighted by atomic mass is 10.3. The second-order valence-corrected chi connectivity index (χ2v) is 2.95. The van der Waals surface area contributed by atoms with Gasteiger partial charge >= 0.3 is 0 Å². The molecule has 0 radical (unpaired) electrons. The fourth-order valence-electron chi connectivity index (χ4n) is 1.22. The van der Waals surface area contributed by atoms with Gasteiger partial charge in [0.2, 0.25) is 0 Å². The van der Waals surface area contributed by atoms with Gasteiger partial charge in [-0.25, -0.2) is 4.98 Å². The summed E-state index contributed by atoms with van der Waals surface area (Å²) in [5.41, 5.74) is 1.13. The average molecular weight is 188 g/mol. The molecule has 0 saturated carbocycles. The Bertz CT molecular complexity index is 355. The third-order valence-electron chi connectivity index (χ3n) is 1.91. The van der Waals surface area contributed by atoms with Crippen LogP contribution in [0, 0.1) is 0 Å². The van der Waals surface area contributed by atoms with E-state index in [0.29, 0.717) is 0 Å². The van der Waals surface area contributed by atoms with E-state index in [1.165, 1.54) is 0 Å². The number of benzene rings is 1. The van der Waals surface area contributed by atoms with E-state index in [2.05, 4.69) is 15.4 Å². The van der Waals surface area contributed by atoms with E-state index in [1.54, 1.807) is 17.3 Å². The van der Waals surface area contributed by atoms with Crippen LogP contribution in [-0.2, 0) is 6.54 Å². The van der Waals surface area contributed by atoms with Crippen molar-refractivity contribution in [3.63, 3.8) is 0 Å². The normalized spacial score (nSPS) is 10.0. The fourth-order valence-corrected chi connectivity index (χ4v) is 1.22. The van der Waals surface area contributed by atoms with Crippen molar-refractivity contribution >= 4 is 5.69 Å². The molecule has 1 aromatic heterocycles. The molecular formula is C10H12N4. The van der Waals surface area contributed by atoms with Gasteiger partial charge in [0.15, 0.2) is 0 Å². The maximum atomic E-state index is 4.01. The van der Waals surface area contributed by atoms with Gasteiger partial charge in [-0.3, -0.25) is 4.68 Å². The molecule has 0 atom stereocenters. The second-order valence-electron chi connectivity index (χ2n) is 2.95. The quantitative estimate of drug-likeness (QED) is 0.788. The van der Waals surface area contributed by atoms with Gasteiger partial charge in [0, 0.05) is 12.2 Å². The van der Waals surface area contributed by atoms with Crippen LogP contribution in [0.25, 0.3) is 0 Å². The van der Waals surface area contributed by atoms with E-state index >= 15 is 0 Å². The van der Waals surface area contributed by atoms with E-state index in [9.17, 15) is 0 Å². The predicted molar refractivity (Wildman–Crippen MR) is 55.0 cm³/mol. The SMILES string of the molecule is c1ccc(NCCn2cncn2)cc1. The number of hydrogen-bond donors (Lipinski definition) is 1. The first-order chi connectivity index (χ1) is 6.95. The largest absolute Gasteiger partial charge is 0.383 e. The minimum atomic E-state index is 0.828. The molecule has 2 aromatic rings. The Balaban J connectivity index is 1.79. The summed E-state index contributed by atoms with van der Waals surface area (Å²) in [7, 11) is 0. The van der Waals surface area contributed by atoms with Crippen molar-refractivity contribution in [2.45, 2.75) is 6.54 Å². The van der Waals surface area contributed by atoms with Crippen LogP contribution in [0.2, 0.25) is 0 Å². The maximum Gasteiger partial charge on any atom is 0.137 e. The summed E-state index contributed by atoms with van der Waals surface area (Å²) in [5, 5.41) is 7.31. The highest BCUT2D eigenvalue weighted by molar-refractivity contribution is 5.42. The van der Waals surface area contributed by atoms with Gasteiger partial charge in [0.05, 0.1) is 6.54 Å². The zero-order chi connectivity index (χ0) is 9.64. The number of anilines is 1. The molecule has 4 nitrogen and oxygen atoms in total. The van der Waals surface area contributed by atoms with Crippen LogP contribution < -0.4 is 5.32 Å². The zero-order valence-electron chi connectivity index (χ0n) is 7.80. The zero-order valence-corrected chi connectivity index (χ0v) is 7.80. The molecule has 0 fully saturated rings. The topological polar surface area (TPSA) is 42.7 Å². The highest BCUT2D eigenvalue weighted by Gasteiger charge is 1.91. The van der Waals surface area contributed by atoms with Gasteiger partial charge in [-0.2, -0.15) is 5.10 Å². The van der Waals surface area contributed by atoms with Crippen LogP contribution in [0.3, 0.4) is 0 Å². The molecule has 4 heteroatoms. The van der Waals surface area contributed by atoms with Gasteiger partial charge in [0.25, 0.3) is 0 Å². The first-order valence-corrected chi connectivity index (χ1v) is 4.56. The first kappa shape index (κ1) is 8.74. The molecule has 1 aromatic carbocycles. The molecule has 0 aliphatic carbocycles. The Hall–Kier alpha value is -1.84. The van der Waals surface area contributed by atoms with Crippen molar-refractivity contribution in [3.05, 3.63) is 43.0 Å². The molecule has 72 valence electrons. The van der Waals surface area contributed by atoms with Crippen LogP contribution >= 0.6 is 0 Å². The van der Waals surface area contributed by atoms with Crippen molar-refractivity contribution in [1.82, 2.24) is 14.8 Å². The number of para-hydroxylation sites is 1. The lowest BCUT2D eigenvalue weighted by Crippen LogP contribution is -2.10. The maximum absolute atomic E-state index is 4.01. The summed E-state index contributed by atoms with van der Waals surface area (Å²) in [6.07, 6.45) is 3.26. The molecular weight excluding hydrogens is 176 g/mol. The Labute approximate surface area is 82.6 Å². The summed E-state index contributed by atoms with van der Waals surface area (Å²) in [4.78, 5) is 3.87. The van der Waals surface area contributed by atoms with E-state index in [1.807, 2.05) is 30.3 Å².